The van der Waals surface area contributed by atoms with E-state index < -0.39 is 5.91 Å². The largest absolute Gasteiger partial charge is 0.497 e. The second-order valence-electron chi connectivity index (χ2n) is 4.76. The van der Waals surface area contributed by atoms with Crippen molar-refractivity contribution in [3.63, 3.8) is 0 Å². The number of carbonyl (C=O) groups excluding carboxylic acids is 2. The number of hydrogen-bond donors (Lipinski definition) is 2. The number of hydrazone groups is 1. The van der Waals surface area contributed by atoms with Crippen LogP contribution in [0, 0.1) is 0 Å². The highest BCUT2D eigenvalue weighted by Gasteiger charge is 2.08. The Balaban J connectivity index is 1.80. The van der Waals surface area contributed by atoms with Crippen molar-refractivity contribution < 1.29 is 14.3 Å². The maximum absolute atomic E-state index is 12.0. The van der Waals surface area contributed by atoms with Gasteiger partial charge in [-0.15, -0.1) is 0 Å². The number of benzene rings is 2. The summed E-state index contributed by atoms with van der Waals surface area (Å²) in [7, 11) is 1.52. The molecule has 0 aliphatic rings. The summed E-state index contributed by atoms with van der Waals surface area (Å²) >= 11 is 3.34. The zero-order valence-corrected chi connectivity index (χ0v) is 14.5. The van der Waals surface area contributed by atoms with E-state index >= 15 is 0 Å². The van der Waals surface area contributed by atoms with E-state index in [1.807, 2.05) is 24.3 Å². The van der Waals surface area contributed by atoms with E-state index in [4.69, 9.17) is 4.74 Å². The summed E-state index contributed by atoms with van der Waals surface area (Å²) in [6, 6.07) is 14.1. The lowest BCUT2D eigenvalue weighted by Gasteiger charge is -2.05. The number of amides is 2. The van der Waals surface area contributed by atoms with E-state index in [0.29, 0.717) is 11.3 Å². The Kier molecular flexibility index (Phi) is 6.51. The molecule has 6 nitrogen and oxygen atoms in total. The second-order valence-corrected chi connectivity index (χ2v) is 5.68. The molecule has 7 heteroatoms. The van der Waals surface area contributed by atoms with Gasteiger partial charge in [0.05, 0.1) is 19.9 Å². The lowest BCUT2D eigenvalue weighted by atomic mass is 10.2. The molecule has 0 bridgehead atoms. The van der Waals surface area contributed by atoms with Crippen LogP contribution >= 0.6 is 15.9 Å². The molecule has 0 spiro atoms. The van der Waals surface area contributed by atoms with Crippen LogP contribution < -0.4 is 15.5 Å². The average molecular weight is 390 g/mol. The van der Waals surface area contributed by atoms with E-state index in [1.54, 1.807) is 24.3 Å². The van der Waals surface area contributed by atoms with Crippen molar-refractivity contribution in [2.75, 3.05) is 13.7 Å². The molecule has 0 saturated carbocycles. The summed E-state index contributed by atoms with van der Waals surface area (Å²) in [5.74, 6) is -0.202. The van der Waals surface area contributed by atoms with Gasteiger partial charge < -0.3 is 10.1 Å². The molecule has 0 aliphatic heterocycles. The lowest BCUT2D eigenvalue weighted by molar-refractivity contribution is -0.120. The minimum atomic E-state index is -0.417. The molecule has 2 amide bonds. The van der Waals surface area contributed by atoms with Gasteiger partial charge in [0.2, 0.25) is 0 Å². The summed E-state index contributed by atoms with van der Waals surface area (Å²) in [5, 5.41) is 6.36. The van der Waals surface area contributed by atoms with Crippen LogP contribution in [-0.4, -0.2) is 31.7 Å². The number of halogens is 1. The van der Waals surface area contributed by atoms with Gasteiger partial charge in [0, 0.05) is 10.0 Å². The number of nitrogens with one attached hydrogen (secondary N) is 2. The number of methoxy groups -OCH3 is 1. The summed E-state index contributed by atoms with van der Waals surface area (Å²) < 4.78 is 6.01. The van der Waals surface area contributed by atoms with Gasteiger partial charge in [-0.1, -0.05) is 34.1 Å². The van der Waals surface area contributed by atoms with Crippen molar-refractivity contribution >= 4 is 34.0 Å². The molecule has 0 radical (unpaired) electrons. The fraction of sp³-hybridized carbons (Fsp3) is 0.118. The zero-order chi connectivity index (χ0) is 17.4. The van der Waals surface area contributed by atoms with E-state index in [1.165, 1.54) is 13.3 Å². The van der Waals surface area contributed by atoms with E-state index in [0.717, 1.165) is 10.0 Å². The fourth-order valence-electron chi connectivity index (χ4n) is 1.79. The van der Waals surface area contributed by atoms with E-state index in [-0.39, 0.29) is 12.5 Å². The highest BCUT2D eigenvalue weighted by atomic mass is 79.9. The minimum Gasteiger partial charge on any atom is -0.497 e. The van der Waals surface area contributed by atoms with Gasteiger partial charge >= 0.3 is 0 Å². The first-order chi connectivity index (χ1) is 11.6. The van der Waals surface area contributed by atoms with Crippen LogP contribution in [0.5, 0.6) is 5.75 Å². The molecule has 124 valence electrons. The number of rotatable bonds is 6. The van der Waals surface area contributed by atoms with Crippen molar-refractivity contribution in [3.8, 4) is 5.75 Å². The van der Waals surface area contributed by atoms with Gasteiger partial charge in [-0.25, -0.2) is 5.43 Å². The van der Waals surface area contributed by atoms with Gasteiger partial charge in [-0.2, -0.15) is 5.10 Å². The number of ether oxygens (including phenoxy) is 1. The topological polar surface area (TPSA) is 79.8 Å². The third-order valence-corrected chi connectivity index (χ3v) is 3.54. The third-order valence-electron chi connectivity index (χ3n) is 3.01. The predicted octanol–water partition coefficient (Wildman–Crippen LogP) is 2.34. The van der Waals surface area contributed by atoms with Crippen LogP contribution in [0.1, 0.15) is 15.9 Å². The quantitative estimate of drug-likeness (QED) is 0.587. The van der Waals surface area contributed by atoms with Crippen LogP contribution in [0.2, 0.25) is 0 Å². The van der Waals surface area contributed by atoms with Gasteiger partial charge in [0.15, 0.2) is 0 Å². The molecule has 0 heterocycles. The first-order valence-electron chi connectivity index (χ1n) is 7.08. The molecule has 2 aromatic carbocycles. The molecule has 24 heavy (non-hydrogen) atoms. The Bertz CT molecular complexity index is 745. The molecule has 0 aromatic heterocycles. The SMILES string of the molecule is COc1cccc(C(=O)NCC(=O)N/N=C/c2ccc(Br)cc2)c1. The van der Waals surface area contributed by atoms with E-state index in [9.17, 15) is 9.59 Å². The van der Waals surface area contributed by atoms with Crippen LogP contribution in [0.4, 0.5) is 0 Å². The Hall–Kier alpha value is -2.67. The van der Waals surface area contributed by atoms with Gasteiger partial charge in [-0.05, 0) is 35.9 Å². The molecule has 0 unspecified atom stereocenters. The van der Waals surface area contributed by atoms with Crippen LogP contribution in [0.15, 0.2) is 58.1 Å². The third kappa shape index (κ3) is 5.51. The molecule has 0 atom stereocenters. The van der Waals surface area contributed by atoms with Crippen LogP contribution in [-0.2, 0) is 4.79 Å². The van der Waals surface area contributed by atoms with Gasteiger partial charge in [0.1, 0.15) is 5.75 Å². The van der Waals surface area contributed by atoms with Crippen molar-refractivity contribution in [2.24, 2.45) is 5.10 Å². The lowest BCUT2D eigenvalue weighted by Crippen LogP contribution is -2.34. The molecule has 2 rings (SSSR count). The van der Waals surface area contributed by atoms with Crippen molar-refractivity contribution in [1.29, 1.82) is 0 Å². The van der Waals surface area contributed by atoms with E-state index in [2.05, 4.69) is 31.8 Å². The summed E-state index contributed by atoms with van der Waals surface area (Å²) in [5.41, 5.74) is 3.62. The zero-order valence-electron chi connectivity index (χ0n) is 13.0. The molecule has 2 aromatic rings. The molecule has 0 aliphatic carbocycles. The number of hydrogen-bond acceptors (Lipinski definition) is 4. The second kappa shape index (κ2) is 8.83. The van der Waals surface area contributed by atoms with Gasteiger partial charge in [0.25, 0.3) is 11.8 Å². The molecule has 0 fully saturated rings. The predicted molar refractivity (Wildman–Crippen MR) is 95.2 cm³/mol. The standard InChI is InChI=1S/C17H16BrN3O3/c1-24-15-4-2-3-13(9-15)17(23)19-11-16(22)21-20-10-12-5-7-14(18)8-6-12/h2-10H,11H2,1H3,(H,19,23)(H,21,22)/b20-10+. The molecular weight excluding hydrogens is 374 g/mol. The Morgan fingerprint density at radius 3 is 2.67 bits per heavy atom. The Labute approximate surface area is 148 Å². The first kappa shape index (κ1) is 17.7. The summed E-state index contributed by atoms with van der Waals surface area (Å²) in [6.45, 7) is -0.173. The number of carbonyl (C=O) groups is 2. The van der Waals surface area contributed by atoms with Crippen LogP contribution in [0.3, 0.4) is 0 Å². The molecular formula is C17H16BrN3O3. The molecule has 0 saturated heterocycles. The van der Waals surface area contributed by atoms with Crippen molar-refractivity contribution in [3.05, 3.63) is 64.1 Å². The summed E-state index contributed by atoms with van der Waals surface area (Å²) in [4.78, 5) is 23.6. The Morgan fingerprint density at radius 2 is 1.96 bits per heavy atom. The van der Waals surface area contributed by atoms with Gasteiger partial charge in [-0.3, -0.25) is 9.59 Å². The fourth-order valence-corrected chi connectivity index (χ4v) is 2.06. The molecule has 2 N–H and O–H groups in total. The maximum Gasteiger partial charge on any atom is 0.259 e. The minimum absolute atomic E-state index is 0.173. The Morgan fingerprint density at radius 1 is 1.21 bits per heavy atom. The maximum atomic E-state index is 12.0. The number of nitrogens with zero attached hydrogens (tertiary/aromatic N) is 1. The normalized spacial score (nSPS) is 10.4. The average Bonchev–Trinajstić information content (AvgIpc) is 2.61. The smallest absolute Gasteiger partial charge is 0.259 e. The monoisotopic (exact) mass is 389 g/mol. The first-order valence-corrected chi connectivity index (χ1v) is 7.87. The summed E-state index contributed by atoms with van der Waals surface area (Å²) in [6.07, 6.45) is 1.52. The van der Waals surface area contributed by atoms with Crippen molar-refractivity contribution in [1.82, 2.24) is 10.7 Å². The highest BCUT2D eigenvalue weighted by molar-refractivity contribution is 9.10. The van der Waals surface area contributed by atoms with Crippen molar-refractivity contribution in [2.45, 2.75) is 0 Å². The highest BCUT2D eigenvalue weighted by Crippen LogP contribution is 2.12. The van der Waals surface area contributed by atoms with Crippen LogP contribution in [0.25, 0.3) is 0 Å².